The normalized spacial score (nSPS) is 10.0. The van der Waals surface area contributed by atoms with Crippen LogP contribution in [0, 0.1) is 10.1 Å². The van der Waals surface area contributed by atoms with Crippen LogP contribution >= 0.6 is 15.9 Å². The van der Waals surface area contributed by atoms with Crippen LogP contribution in [0.1, 0.15) is 5.56 Å². The molecule has 70 valence electrons. The number of hydrogen-bond acceptors (Lipinski definition) is 4. The molecule has 0 saturated heterocycles. The highest BCUT2D eigenvalue weighted by atomic mass is 79.9. The van der Waals surface area contributed by atoms with Crippen molar-refractivity contribution in [1.29, 1.82) is 0 Å². The minimum absolute atomic E-state index is 0.155. The second kappa shape index (κ2) is 4.29. The topological polar surface area (TPSA) is 82.0 Å². The summed E-state index contributed by atoms with van der Waals surface area (Å²) in [5, 5.41) is 10.4. The van der Waals surface area contributed by atoms with E-state index in [1.165, 1.54) is 6.07 Å². The first kappa shape index (κ1) is 10.1. The number of rotatable bonds is 3. The van der Waals surface area contributed by atoms with Crippen LogP contribution in [0.15, 0.2) is 16.7 Å². The highest BCUT2D eigenvalue weighted by Gasteiger charge is 2.10. The van der Waals surface area contributed by atoms with Crippen LogP contribution in [0.5, 0.6) is 0 Å². The van der Waals surface area contributed by atoms with Crippen molar-refractivity contribution in [1.82, 2.24) is 4.98 Å². The fraction of sp³-hybridized carbons (Fsp3) is 0.286. The van der Waals surface area contributed by atoms with Crippen molar-refractivity contribution in [3.8, 4) is 0 Å². The highest BCUT2D eigenvalue weighted by molar-refractivity contribution is 9.10. The molecule has 0 radical (unpaired) electrons. The lowest BCUT2D eigenvalue weighted by Crippen LogP contribution is -2.04. The zero-order chi connectivity index (χ0) is 9.84. The minimum Gasteiger partial charge on any atom is -0.358 e. The molecule has 1 heterocycles. The fourth-order valence-electron chi connectivity index (χ4n) is 0.939. The Hall–Kier alpha value is -1.01. The van der Waals surface area contributed by atoms with Gasteiger partial charge < -0.3 is 15.8 Å². The standard InChI is InChI=1S/C7H8BrN3O2/c8-6-3-5(1-2-9)4-7(10-6)11(12)13/h3-4H,1-2,9H2. The zero-order valence-corrected chi connectivity index (χ0v) is 8.32. The van der Waals surface area contributed by atoms with Crippen LogP contribution < -0.4 is 5.73 Å². The van der Waals surface area contributed by atoms with Crippen molar-refractivity contribution in [2.24, 2.45) is 5.73 Å². The lowest BCUT2D eigenvalue weighted by Gasteiger charge is -1.97. The molecule has 0 fully saturated rings. The van der Waals surface area contributed by atoms with Crippen LogP contribution in [0.2, 0.25) is 0 Å². The van der Waals surface area contributed by atoms with E-state index >= 15 is 0 Å². The van der Waals surface area contributed by atoms with Crippen molar-refractivity contribution in [3.05, 3.63) is 32.4 Å². The Morgan fingerprint density at radius 3 is 2.85 bits per heavy atom. The van der Waals surface area contributed by atoms with Gasteiger partial charge in [-0.25, -0.2) is 0 Å². The van der Waals surface area contributed by atoms with Crippen LogP contribution in [-0.4, -0.2) is 16.5 Å². The predicted molar refractivity (Wildman–Crippen MR) is 51.3 cm³/mol. The van der Waals surface area contributed by atoms with Crippen molar-refractivity contribution in [2.75, 3.05) is 6.54 Å². The Balaban J connectivity index is 3.03. The van der Waals surface area contributed by atoms with E-state index in [1.54, 1.807) is 6.07 Å². The number of halogens is 1. The summed E-state index contributed by atoms with van der Waals surface area (Å²) in [6, 6.07) is 3.15. The SMILES string of the molecule is NCCc1cc(Br)nc([N+](=O)[O-])c1. The summed E-state index contributed by atoms with van der Waals surface area (Å²) in [5.41, 5.74) is 6.15. The summed E-state index contributed by atoms with van der Waals surface area (Å²) in [4.78, 5) is 13.6. The van der Waals surface area contributed by atoms with E-state index < -0.39 is 4.92 Å². The number of pyridine rings is 1. The van der Waals surface area contributed by atoms with Crippen molar-refractivity contribution in [2.45, 2.75) is 6.42 Å². The summed E-state index contributed by atoms with van der Waals surface area (Å²) in [6.45, 7) is 0.466. The van der Waals surface area contributed by atoms with Gasteiger partial charge in [0.2, 0.25) is 4.60 Å². The lowest BCUT2D eigenvalue weighted by atomic mass is 10.2. The molecular formula is C7H8BrN3O2. The largest absolute Gasteiger partial charge is 0.364 e. The van der Waals surface area contributed by atoms with E-state index in [0.717, 1.165) is 5.56 Å². The van der Waals surface area contributed by atoms with E-state index in [4.69, 9.17) is 5.73 Å². The molecule has 1 aromatic rings. The van der Waals surface area contributed by atoms with E-state index in [0.29, 0.717) is 17.6 Å². The van der Waals surface area contributed by atoms with Gasteiger partial charge in [-0.05, 0) is 28.4 Å². The molecule has 0 spiro atoms. The first-order chi connectivity index (χ1) is 6.13. The van der Waals surface area contributed by atoms with Gasteiger partial charge in [0.05, 0.1) is 0 Å². The molecule has 0 aliphatic rings. The Bertz CT molecular complexity index is 330. The molecule has 0 bridgehead atoms. The molecule has 0 unspecified atom stereocenters. The quantitative estimate of drug-likeness (QED) is 0.494. The van der Waals surface area contributed by atoms with Gasteiger partial charge in [-0.1, -0.05) is 0 Å². The number of aromatic nitrogens is 1. The molecule has 5 nitrogen and oxygen atoms in total. The maximum Gasteiger partial charge on any atom is 0.364 e. The molecule has 6 heteroatoms. The molecule has 13 heavy (non-hydrogen) atoms. The molecule has 1 rings (SSSR count). The first-order valence-corrected chi connectivity index (χ1v) is 4.43. The van der Waals surface area contributed by atoms with Crippen LogP contribution in [0.4, 0.5) is 5.82 Å². The van der Waals surface area contributed by atoms with Gasteiger partial charge in [-0.15, -0.1) is 0 Å². The lowest BCUT2D eigenvalue weighted by molar-refractivity contribution is -0.389. The van der Waals surface area contributed by atoms with E-state index in [9.17, 15) is 10.1 Å². The molecule has 0 atom stereocenters. The second-order valence-corrected chi connectivity index (χ2v) is 3.26. The van der Waals surface area contributed by atoms with Gasteiger partial charge in [0.15, 0.2) is 0 Å². The maximum absolute atomic E-state index is 10.4. The molecule has 0 aliphatic carbocycles. The van der Waals surface area contributed by atoms with Gasteiger partial charge >= 0.3 is 5.82 Å². The third-order valence-corrected chi connectivity index (χ3v) is 1.87. The third-order valence-electron chi connectivity index (χ3n) is 1.46. The van der Waals surface area contributed by atoms with E-state index in [1.807, 2.05) is 0 Å². The summed E-state index contributed by atoms with van der Waals surface area (Å²) in [5.74, 6) is -0.155. The molecular weight excluding hydrogens is 238 g/mol. The van der Waals surface area contributed by atoms with Crippen LogP contribution in [-0.2, 0) is 6.42 Å². The average Bonchev–Trinajstić information content (AvgIpc) is 2.03. The second-order valence-electron chi connectivity index (χ2n) is 2.45. The Kier molecular flexibility index (Phi) is 3.32. The number of nitro groups is 1. The molecule has 0 amide bonds. The molecule has 0 aliphatic heterocycles. The van der Waals surface area contributed by atoms with Crippen LogP contribution in [0.3, 0.4) is 0 Å². The monoisotopic (exact) mass is 245 g/mol. The van der Waals surface area contributed by atoms with Crippen molar-refractivity contribution in [3.63, 3.8) is 0 Å². The summed E-state index contributed by atoms with van der Waals surface area (Å²) in [6.07, 6.45) is 0.613. The van der Waals surface area contributed by atoms with Crippen molar-refractivity contribution < 1.29 is 4.92 Å². The Labute approximate surface area is 83.2 Å². The van der Waals surface area contributed by atoms with Gasteiger partial charge in [-0.3, -0.25) is 0 Å². The molecule has 0 saturated carbocycles. The van der Waals surface area contributed by atoms with Gasteiger partial charge in [-0.2, -0.15) is 0 Å². The van der Waals surface area contributed by atoms with E-state index in [-0.39, 0.29) is 5.82 Å². The average molecular weight is 246 g/mol. The van der Waals surface area contributed by atoms with Gasteiger partial charge in [0, 0.05) is 28.1 Å². The van der Waals surface area contributed by atoms with Crippen LogP contribution in [0.25, 0.3) is 0 Å². The smallest absolute Gasteiger partial charge is 0.358 e. The van der Waals surface area contributed by atoms with Gasteiger partial charge in [0.25, 0.3) is 0 Å². The Morgan fingerprint density at radius 2 is 2.31 bits per heavy atom. The first-order valence-electron chi connectivity index (χ1n) is 3.64. The van der Waals surface area contributed by atoms with E-state index in [2.05, 4.69) is 20.9 Å². The summed E-state index contributed by atoms with van der Waals surface area (Å²) >= 11 is 3.09. The Morgan fingerprint density at radius 1 is 1.62 bits per heavy atom. The molecule has 0 aromatic carbocycles. The minimum atomic E-state index is -0.523. The fourth-order valence-corrected chi connectivity index (χ4v) is 1.41. The maximum atomic E-state index is 10.4. The predicted octanol–water partition coefficient (Wildman–Crippen LogP) is 1.25. The highest BCUT2D eigenvalue weighted by Crippen LogP contribution is 2.16. The van der Waals surface area contributed by atoms with Gasteiger partial charge in [0.1, 0.15) is 0 Å². The zero-order valence-electron chi connectivity index (χ0n) is 6.74. The van der Waals surface area contributed by atoms with Crippen molar-refractivity contribution >= 4 is 21.7 Å². The number of nitrogens with zero attached hydrogens (tertiary/aromatic N) is 2. The third kappa shape index (κ3) is 2.74. The number of hydrogen-bond donors (Lipinski definition) is 1. The molecule has 2 N–H and O–H groups in total. The molecule has 1 aromatic heterocycles. The number of nitrogens with two attached hydrogens (primary N) is 1. The summed E-state index contributed by atoms with van der Waals surface area (Å²) < 4.78 is 0.463. The summed E-state index contributed by atoms with van der Waals surface area (Å²) in [7, 11) is 0.